The molecule has 7 nitrogen and oxygen atoms in total. The molecule has 0 aliphatic heterocycles. The minimum atomic E-state index is -3.94. The molecule has 0 atom stereocenters. The smallest absolute Gasteiger partial charge is 0.308 e. The molecule has 160 valence electrons. The van der Waals surface area contributed by atoms with Crippen molar-refractivity contribution in [1.82, 2.24) is 4.57 Å². The van der Waals surface area contributed by atoms with E-state index in [0.717, 1.165) is 22.4 Å². The molecule has 0 bridgehead atoms. The number of rotatable bonds is 7. The van der Waals surface area contributed by atoms with E-state index in [1.54, 1.807) is 28.8 Å². The number of benzene rings is 3. The first kappa shape index (κ1) is 21.0. The summed E-state index contributed by atoms with van der Waals surface area (Å²) in [6.07, 6.45) is 0. The number of methoxy groups -OCH3 is 2. The predicted molar refractivity (Wildman–Crippen MR) is 122 cm³/mol. The summed E-state index contributed by atoms with van der Waals surface area (Å²) in [7, 11) is -1.08. The van der Waals surface area contributed by atoms with Crippen LogP contribution in [-0.4, -0.2) is 27.2 Å². The van der Waals surface area contributed by atoms with Gasteiger partial charge in [-0.1, -0.05) is 41.7 Å². The van der Waals surface area contributed by atoms with Crippen LogP contribution in [0.2, 0.25) is 0 Å². The molecule has 4 aromatic rings. The van der Waals surface area contributed by atoms with E-state index in [1.165, 1.54) is 26.4 Å². The molecule has 31 heavy (non-hydrogen) atoms. The molecule has 0 unspecified atom stereocenters. The number of thiazole rings is 1. The van der Waals surface area contributed by atoms with Gasteiger partial charge in [0.25, 0.3) is 10.0 Å². The van der Waals surface area contributed by atoms with E-state index in [0.29, 0.717) is 22.7 Å². The van der Waals surface area contributed by atoms with Crippen molar-refractivity contribution < 1.29 is 17.9 Å². The van der Waals surface area contributed by atoms with Gasteiger partial charge in [0, 0.05) is 6.07 Å². The highest BCUT2D eigenvalue weighted by Gasteiger charge is 2.21. The Labute approximate surface area is 183 Å². The molecule has 0 fully saturated rings. The highest BCUT2D eigenvalue weighted by Crippen LogP contribution is 2.31. The van der Waals surface area contributed by atoms with E-state index in [4.69, 9.17) is 9.47 Å². The molecule has 1 heterocycles. The fourth-order valence-electron chi connectivity index (χ4n) is 3.25. The predicted octanol–water partition coefficient (Wildman–Crippen LogP) is 3.93. The first-order chi connectivity index (χ1) is 14.9. The summed E-state index contributed by atoms with van der Waals surface area (Å²) in [5.41, 5.74) is 2.12. The van der Waals surface area contributed by atoms with Crippen molar-refractivity contribution in [3.63, 3.8) is 0 Å². The topological polar surface area (TPSA) is 86.6 Å². The summed E-state index contributed by atoms with van der Waals surface area (Å²) in [5, 5.41) is 0. The summed E-state index contributed by atoms with van der Waals surface area (Å²) in [6, 6.07) is 19.3. The minimum absolute atomic E-state index is 0.0377. The largest absolute Gasteiger partial charge is 0.497 e. The molecule has 9 heteroatoms. The molecule has 0 spiro atoms. The standard InChI is InChI=1S/C22H20N2O5S2/c1-28-17-9-11-19(29-2)21(13-17)31(26,27)23-16-8-10-18-20(12-16)30-22(25)24(18)14-15-6-4-3-5-7-15/h3-13,23H,14H2,1-2H3. The van der Waals surface area contributed by atoms with Gasteiger partial charge >= 0.3 is 4.87 Å². The highest BCUT2D eigenvalue weighted by molar-refractivity contribution is 7.92. The maximum Gasteiger partial charge on any atom is 0.308 e. The van der Waals surface area contributed by atoms with E-state index in [2.05, 4.69) is 4.72 Å². The third kappa shape index (κ3) is 4.28. The molecule has 1 aromatic heterocycles. The zero-order valence-corrected chi connectivity index (χ0v) is 18.5. The van der Waals surface area contributed by atoms with Gasteiger partial charge in [-0.25, -0.2) is 8.42 Å². The van der Waals surface area contributed by atoms with Crippen molar-refractivity contribution in [2.24, 2.45) is 0 Å². The summed E-state index contributed by atoms with van der Waals surface area (Å²) in [4.78, 5) is 12.4. The fraction of sp³-hybridized carbons (Fsp3) is 0.136. The Morgan fingerprint density at radius 3 is 2.45 bits per heavy atom. The zero-order chi connectivity index (χ0) is 22.0. The number of nitrogens with one attached hydrogen (secondary N) is 1. The van der Waals surface area contributed by atoms with Crippen LogP contribution in [0, 0.1) is 0 Å². The van der Waals surface area contributed by atoms with Gasteiger partial charge < -0.3 is 9.47 Å². The monoisotopic (exact) mass is 456 g/mol. The molecule has 0 radical (unpaired) electrons. The Morgan fingerprint density at radius 2 is 1.74 bits per heavy atom. The molecule has 0 saturated heterocycles. The summed E-state index contributed by atoms with van der Waals surface area (Å²) < 4.78 is 41.2. The van der Waals surface area contributed by atoms with Crippen molar-refractivity contribution in [2.45, 2.75) is 11.4 Å². The highest BCUT2D eigenvalue weighted by atomic mass is 32.2. The van der Waals surface area contributed by atoms with Crippen molar-refractivity contribution in [1.29, 1.82) is 0 Å². The lowest BCUT2D eigenvalue weighted by Crippen LogP contribution is -2.14. The molecule has 0 aliphatic rings. The summed E-state index contributed by atoms with van der Waals surface area (Å²) >= 11 is 1.08. The van der Waals surface area contributed by atoms with Gasteiger partial charge in [0.1, 0.15) is 16.4 Å². The SMILES string of the molecule is COc1ccc(OC)c(S(=O)(=O)Nc2ccc3c(c2)sc(=O)n3Cc2ccccc2)c1. The average molecular weight is 457 g/mol. The third-order valence-electron chi connectivity index (χ3n) is 4.76. The van der Waals surface area contributed by atoms with E-state index >= 15 is 0 Å². The summed E-state index contributed by atoms with van der Waals surface area (Å²) in [5.74, 6) is 0.598. The van der Waals surface area contributed by atoms with Crippen molar-refractivity contribution in [3.05, 3.63) is 82.0 Å². The lowest BCUT2D eigenvalue weighted by atomic mass is 10.2. The minimum Gasteiger partial charge on any atom is -0.497 e. The third-order valence-corrected chi connectivity index (χ3v) is 7.11. The number of ether oxygens (including phenoxy) is 2. The molecule has 0 saturated carbocycles. The number of hydrogen-bond acceptors (Lipinski definition) is 6. The van der Waals surface area contributed by atoms with Crippen LogP contribution >= 0.6 is 11.3 Å². The summed E-state index contributed by atoms with van der Waals surface area (Å²) in [6.45, 7) is 0.450. The van der Waals surface area contributed by atoms with Crippen LogP contribution in [0.25, 0.3) is 10.2 Å². The maximum absolute atomic E-state index is 13.0. The van der Waals surface area contributed by atoms with Crippen LogP contribution in [0.15, 0.2) is 76.4 Å². The van der Waals surface area contributed by atoms with Gasteiger partial charge in [0.15, 0.2) is 0 Å². The second kappa shape index (κ2) is 8.44. The number of anilines is 1. The normalized spacial score (nSPS) is 11.4. The molecule has 0 amide bonds. The number of fused-ring (bicyclic) bond motifs is 1. The van der Waals surface area contributed by atoms with Crippen LogP contribution < -0.4 is 19.1 Å². The Kier molecular flexibility index (Phi) is 5.71. The maximum atomic E-state index is 13.0. The molecule has 0 aliphatic carbocycles. The quantitative estimate of drug-likeness (QED) is 0.455. The number of aromatic nitrogens is 1. The van der Waals surface area contributed by atoms with Crippen LogP contribution in [0.4, 0.5) is 5.69 Å². The van der Waals surface area contributed by atoms with Gasteiger partial charge in [-0.3, -0.25) is 14.1 Å². The second-order valence-electron chi connectivity index (χ2n) is 6.74. The molecule has 3 aromatic carbocycles. The first-order valence-corrected chi connectivity index (χ1v) is 11.6. The molecule has 1 N–H and O–H groups in total. The Hall–Kier alpha value is -3.30. The van der Waals surface area contributed by atoms with E-state index in [1.807, 2.05) is 30.3 Å². The van der Waals surface area contributed by atoms with Gasteiger partial charge in [-0.05, 0) is 35.9 Å². The van der Waals surface area contributed by atoms with Gasteiger partial charge in [0.05, 0.1) is 36.7 Å². The van der Waals surface area contributed by atoms with Crippen LogP contribution in [0.1, 0.15) is 5.56 Å². The second-order valence-corrected chi connectivity index (χ2v) is 9.39. The molecular formula is C22H20N2O5S2. The lowest BCUT2D eigenvalue weighted by Gasteiger charge is -2.13. The molecular weight excluding hydrogens is 436 g/mol. The van der Waals surface area contributed by atoms with Crippen LogP contribution in [-0.2, 0) is 16.6 Å². The lowest BCUT2D eigenvalue weighted by molar-refractivity contribution is 0.392. The fourth-order valence-corrected chi connectivity index (χ4v) is 5.41. The molecule has 4 rings (SSSR count). The average Bonchev–Trinajstić information content (AvgIpc) is 3.08. The van der Waals surface area contributed by atoms with Gasteiger partial charge in [-0.15, -0.1) is 0 Å². The van der Waals surface area contributed by atoms with Gasteiger partial charge in [0.2, 0.25) is 0 Å². The Morgan fingerprint density at radius 1 is 0.968 bits per heavy atom. The zero-order valence-electron chi connectivity index (χ0n) is 16.9. The van der Waals surface area contributed by atoms with Crippen molar-refractivity contribution >= 4 is 37.3 Å². The Bertz CT molecular complexity index is 1390. The van der Waals surface area contributed by atoms with E-state index in [9.17, 15) is 13.2 Å². The van der Waals surface area contributed by atoms with E-state index < -0.39 is 10.0 Å². The van der Waals surface area contributed by atoms with Crippen molar-refractivity contribution in [2.75, 3.05) is 18.9 Å². The van der Waals surface area contributed by atoms with Crippen LogP contribution in [0.5, 0.6) is 11.5 Å². The van der Waals surface area contributed by atoms with Gasteiger partial charge in [-0.2, -0.15) is 0 Å². The first-order valence-electron chi connectivity index (χ1n) is 9.33. The van der Waals surface area contributed by atoms with Crippen LogP contribution in [0.3, 0.4) is 0 Å². The van der Waals surface area contributed by atoms with E-state index in [-0.39, 0.29) is 15.5 Å². The number of sulfonamides is 1. The number of hydrogen-bond donors (Lipinski definition) is 1. The Balaban J connectivity index is 1.68. The number of nitrogens with zero attached hydrogens (tertiary/aromatic N) is 1. The van der Waals surface area contributed by atoms with Crippen molar-refractivity contribution in [3.8, 4) is 11.5 Å².